The predicted octanol–water partition coefficient (Wildman–Crippen LogP) is -0.474. The molecule has 0 aliphatic carbocycles. The predicted molar refractivity (Wildman–Crippen MR) is 57.9 cm³/mol. The Morgan fingerprint density at radius 3 is 2.33 bits per heavy atom. The number of hydrogen-bond donors (Lipinski definition) is 4. The molecule has 4 N–H and O–H groups in total. The number of nitrogens with zero attached hydrogens (tertiary/aromatic N) is 2. The van der Waals surface area contributed by atoms with Crippen molar-refractivity contribution in [3.05, 3.63) is 18.7 Å². The van der Waals surface area contributed by atoms with E-state index in [1.807, 2.05) is 5.32 Å². The number of rotatable bonds is 5. The maximum absolute atomic E-state index is 11.4. The Labute approximate surface area is 101 Å². The summed E-state index contributed by atoms with van der Waals surface area (Å²) in [5.41, 5.74) is 0.259. The third kappa shape index (κ3) is 4.43. The van der Waals surface area contributed by atoms with Crippen LogP contribution in [0.25, 0.3) is 0 Å². The zero-order valence-electron chi connectivity index (χ0n) is 9.03. The van der Waals surface area contributed by atoms with Gasteiger partial charge < -0.3 is 20.8 Å². The van der Waals surface area contributed by atoms with E-state index in [0.717, 1.165) is 0 Å². The van der Waals surface area contributed by atoms with Gasteiger partial charge in [0.05, 0.1) is 24.5 Å². The third-order valence-corrected chi connectivity index (χ3v) is 1.80. The molecule has 18 heavy (non-hydrogen) atoms. The van der Waals surface area contributed by atoms with Gasteiger partial charge in [0, 0.05) is 0 Å². The highest BCUT2D eigenvalue weighted by Crippen LogP contribution is 2.00. The molecule has 0 aliphatic heterocycles. The van der Waals surface area contributed by atoms with Gasteiger partial charge in [-0.3, -0.25) is 4.79 Å². The topological polar surface area (TPSA) is 142 Å². The highest BCUT2D eigenvalue weighted by atomic mass is 16.4. The summed E-state index contributed by atoms with van der Waals surface area (Å²) >= 11 is 0. The average molecular weight is 254 g/mol. The van der Waals surface area contributed by atoms with Crippen molar-refractivity contribution in [2.45, 2.75) is 12.5 Å². The summed E-state index contributed by atoms with van der Waals surface area (Å²) in [4.78, 5) is 39.7. The minimum Gasteiger partial charge on any atom is -0.481 e. The van der Waals surface area contributed by atoms with Crippen molar-refractivity contribution in [1.82, 2.24) is 15.3 Å². The Morgan fingerprint density at radius 1 is 1.22 bits per heavy atom. The molecule has 1 unspecified atom stereocenters. The van der Waals surface area contributed by atoms with Crippen molar-refractivity contribution in [2.75, 3.05) is 5.32 Å². The maximum atomic E-state index is 11.4. The molecule has 1 aromatic heterocycles. The van der Waals surface area contributed by atoms with Gasteiger partial charge >= 0.3 is 18.0 Å². The van der Waals surface area contributed by atoms with Crippen molar-refractivity contribution < 1.29 is 24.6 Å². The Kier molecular flexibility index (Phi) is 4.55. The van der Waals surface area contributed by atoms with Crippen LogP contribution in [-0.2, 0) is 9.59 Å². The quantitative estimate of drug-likeness (QED) is 0.556. The Morgan fingerprint density at radius 2 is 1.83 bits per heavy atom. The van der Waals surface area contributed by atoms with Gasteiger partial charge in [0.25, 0.3) is 0 Å². The van der Waals surface area contributed by atoms with E-state index in [2.05, 4.69) is 15.3 Å². The van der Waals surface area contributed by atoms with E-state index in [9.17, 15) is 14.4 Å². The molecule has 0 saturated carbocycles. The number of carbonyl (C=O) groups is 3. The monoisotopic (exact) mass is 254 g/mol. The van der Waals surface area contributed by atoms with Crippen LogP contribution in [0.3, 0.4) is 0 Å². The third-order valence-electron chi connectivity index (χ3n) is 1.80. The first-order valence-electron chi connectivity index (χ1n) is 4.76. The fourth-order valence-electron chi connectivity index (χ4n) is 1.06. The van der Waals surface area contributed by atoms with Gasteiger partial charge in [0.15, 0.2) is 0 Å². The molecule has 1 heterocycles. The van der Waals surface area contributed by atoms with Crippen LogP contribution in [0.1, 0.15) is 6.42 Å². The van der Waals surface area contributed by atoms with Crippen LogP contribution in [0.15, 0.2) is 18.7 Å². The minimum atomic E-state index is -1.51. The second-order valence-electron chi connectivity index (χ2n) is 3.21. The van der Waals surface area contributed by atoms with Gasteiger partial charge in [-0.25, -0.2) is 19.6 Å². The van der Waals surface area contributed by atoms with Crippen LogP contribution in [0.5, 0.6) is 0 Å². The number of aromatic nitrogens is 2. The molecule has 1 rings (SSSR count). The van der Waals surface area contributed by atoms with Gasteiger partial charge in [-0.05, 0) is 0 Å². The molecule has 96 valence electrons. The van der Waals surface area contributed by atoms with Crippen LogP contribution >= 0.6 is 0 Å². The standard InChI is InChI=1S/C9H10N4O5/c14-7(15)1-6(8(16)17)13-9(18)12-5-2-10-4-11-3-5/h2-4,6H,1H2,(H,14,15)(H,16,17)(H2,12,13,18). The summed E-state index contributed by atoms with van der Waals surface area (Å²) in [7, 11) is 0. The summed E-state index contributed by atoms with van der Waals surface area (Å²) in [5.74, 6) is -2.76. The summed E-state index contributed by atoms with van der Waals surface area (Å²) in [6.07, 6.45) is 3.15. The largest absolute Gasteiger partial charge is 0.481 e. The van der Waals surface area contributed by atoms with Crippen molar-refractivity contribution in [1.29, 1.82) is 0 Å². The van der Waals surface area contributed by atoms with Crippen LogP contribution in [-0.4, -0.2) is 44.2 Å². The highest BCUT2D eigenvalue weighted by Gasteiger charge is 2.22. The molecule has 2 amide bonds. The number of carboxylic acid groups (broad SMARTS) is 2. The zero-order chi connectivity index (χ0) is 13.5. The lowest BCUT2D eigenvalue weighted by Gasteiger charge is -2.12. The van der Waals surface area contributed by atoms with E-state index in [1.54, 1.807) is 0 Å². The minimum absolute atomic E-state index is 0.259. The summed E-state index contributed by atoms with van der Waals surface area (Å²) < 4.78 is 0. The van der Waals surface area contributed by atoms with Crippen molar-refractivity contribution in [3.8, 4) is 0 Å². The molecule has 9 heteroatoms. The number of anilines is 1. The molecule has 0 bridgehead atoms. The second-order valence-corrected chi connectivity index (χ2v) is 3.21. The number of urea groups is 1. The first-order chi connectivity index (χ1) is 8.49. The Bertz CT molecular complexity index is 450. The molecule has 0 saturated heterocycles. The van der Waals surface area contributed by atoms with Gasteiger partial charge in [-0.1, -0.05) is 0 Å². The number of nitrogens with one attached hydrogen (secondary N) is 2. The number of hydrogen-bond acceptors (Lipinski definition) is 5. The molecule has 0 aromatic carbocycles. The summed E-state index contributed by atoms with van der Waals surface area (Å²) in [5, 5.41) is 21.5. The first-order valence-corrected chi connectivity index (χ1v) is 4.76. The van der Waals surface area contributed by atoms with Crippen LogP contribution in [0.2, 0.25) is 0 Å². The van der Waals surface area contributed by atoms with E-state index >= 15 is 0 Å². The number of aliphatic carboxylic acids is 2. The first kappa shape index (κ1) is 13.4. The Hall–Kier alpha value is -2.71. The van der Waals surface area contributed by atoms with E-state index in [1.165, 1.54) is 18.7 Å². The molecular weight excluding hydrogens is 244 g/mol. The zero-order valence-corrected chi connectivity index (χ0v) is 9.03. The summed E-state index contributed by atoms with van der Waals surface area (Å²) in [6.45, 7) is 0. The van der Waals surface area contributed by atoms with E-state index in [4.69, 9.17) is 10.2 Å². The van der Waals surface area contributed by atoms with Crippen molar-refractivity contribution >= 4 is 23.7 Å². The normalized spacial score (nSPS) is 11.3. The van der Waals surface area contributed by atoms with Crippen molar-refractivity contribution in [2.24, 2.45) is 0 Å². The fraction of sp³-hybridized carbons (Fsp3) is 0.222. The molecule has 0 fully saturated rings. The average Bonchev–Trinajstić information content (AvgIpc) is 2.28. The lowest BCUT2D eigenvalue weighted by atomic mass is 10.2. The second kappa shape index (κ2) is 6.13. The number of amides is 2. The van der Waals surface area contributed by atoms with E-state index in [0.29, 0.717) is 0 Å². The smallest absolute Gasteiger partial charge is 0.326 e. The molecule has 0 radical (unpaired) electrons. The fourth-order valence-corrected chi connectivity index (χ4v) is 1.06. The van der Waals surface area contributed by atoms with Crippen LogP contribution < -0.4 is 10.6 Å². The number of carboxylic acids is 2. The van der Waals surface area contributed by atoms with Gasteiger partial charge in [-0.2, -0.15) is 0 Å². The van der Waals surface area contributed by atoms with Crippen LogP contribution in [0.4, 0.5) is 10.5 Å². The van der Waals surface area contributed by atoms with Gasteiger partial charge in [-0.15, -0.1) is 0 Å². The van der Waals surface area contributed by atoms with E-state index in [-0.39, 0.29) is 5.69 Å². The molecule has 0 spiro atoms. The van der Waals surface area contributed by atoms with E-state index < -0.39 is 30.4 Å². The number of carbonyl (C=O) groups excluding carboxylic acids is 1. The molecule has 1 aromatic rings. The molecule has 1 atom stereocenters. The lowest BCUT2D eigenvalue weighted by molar-refractivity contribution is -0.145. The van der Waals surface area contributed by atoms with Gasteiger partial charge in [0.2, 0.25) is 0 Å². The van der Waals surface area contributed by atoms with Crippen molar-refractivity contribution in [3.63, 3.8) is 0 Å². The van der Waals surface area contributed by atoms with Crippen LogP contribution in [0, 0.1) is 0 Å². The Balaban J connectivity index is 2.56. The highest BCUT2D eigenvalue weighted by molar-refractivity contribution is 5.93. The maximum Gasteiger partial charge on any atom is 0.326 e. The molecule has 9 nitrogen and oxygen atoms in total. The SMILES string of the molecule is O=C(O)CC(NC(=O)Nc1cncnc1)C(=O)O. The summed E-state index contributed by atoms with van der Waals surface area (Å²) in [6, 6.07) is -2.36. The lowest BCUT2D eigenvalue weighted by Crippen LogP contribution is -2.44. The molecule has 0 aliphatic rings. The van der Waals surface area contributed by atoms with Gasteiger partial charge in [0.1, 0.15) is 12.4 Å². The molecular formula is C9H10N4O5.